The molecule has 0 fully saturated rings. The van der Waals surface area contributed by atoms with Crippen molar-refractivity contribution in [3.63, 3.8) is 0 Å². The fourth-order valence-electron chi connectivity index (χ4n) is 2.75. The SMILES string of the molecule is CC(C)c1ccc(S(=O)(=O)NCc2ccc3c(c2)CNC3)cc1. The lowest BCUT2D eigenvalue weighted by Crippen LogP contribution is -2.23. The molecule has 1 heterocycles. The maximum absolute atomic E-state index is 12.4. The molecule has 1 aliphatic heterocycles. The third-order valence-electron chi connectivity index (χ3n) is 4.22. The van der Waals surface area contributed by atoms with Crippen molar-refractivity contribution < 1.29 is 8.42 Å². The van der Waals surface area contributed by atoms with E-state index in [4.69, 9.17) is 0 Å². The molecule has 2 aromatic rings. The lowest BCUT2D eigenvalue weighted by molar-refractivity contribution is 0.581. The molecule has 0 saturated heterocycles. The maximum Gasteiger partial charge on any atom is 0.240 e. The molecule has 0 bridgehead atoms. The van der Waals surface area contributed by atoms with Crippen molar-refractivity contribution in [1.29, 1.82) is 0 Å². The number of fused-ring (bicyclic) bond motifs is 1. The fourth-order valence-corrected chi connectivity index (χ4v) is 3.77. The summed E-state index contributed by atoms with van der Waals surface area (Å²) in [4.78, 5) is 0.310. The van der Waals surface area contributed by atoms with Crippen LogP contribution in [0.2, 0.25) is 0 Å². The second-order valence-corrected chi connectivity index (χ2v) is 8.02. The zero-order chi connectivity index (χ0) is 16.4. The van der Waals surface area contributed by atoms with Gasteiger partial charge in [0.25, 0.3) is 0 Å². The van der Waals surface area contributed by atoms with Crippen molar-refractivity contribution in [1.82, 2.24) is 10.0 Å². The van der Waals surface area contributed by atoms with Crippen molar-refractivity contribution in [2.24, 2.45) is 0 Å². The summed E-state index contributed by atoms with van der Waals surface area (Å²) < 4.78 is 27.5. The van der Waals surface area contributed by atoms with E-state index in [2.05, 4.69) is 36.0 Å². The highest BCUT2D eigenvalue weighted by molar-refractivity contribution is 7.89. The number of hydrogen-bond donors (Lipinski definition) is 2. The second-order valence-electron chi connectivity index (χ2n) is 6.25. The quantitative estimate of drug-likeness (QED) is 0.886. The van der Waals surface area contributed by atoms with E-state index in [1.807, 2.05) is 18.2 Å². The Balaban J connectivity index is 1.71. The Bertz CT molecular complexity index is 796. The zero-order valence-corrected chi connectivity index (χ0v) is 14.3. The van der Waals surface area contributed by atoms with Crippen molar-refractivity contribution >= 4 is 10.0 Å². The van der Waals surface area contributed by atoms with Gasteiger partial charge in [-0.2, -0.15) is 0 Å². The van der Waals surface area contributed by atoms with Crippen LogP contribution in [0.3, 0.4) is 0 Å². The highest BCUT2D eigenvalue weighted by Gasteiger charge is 2.15. The first-order chi connectivity index (χ1) is 11.0. The summed E-state index contributed by atoms with van der Waals surface area (Å²) >= 11 is 0. The third kappa shape index (κ3) is 3.63. The van der Waals surface area contributed by atoms with Gasteiger partial charge in [-0.3, -0.25) is 0 Å². The van der Waals surface area contributed by atoms with E-state index in [1.165, 1.54) is 11.1 Å². The smallest absolute Gasteiger partial charge is 0.240 e. The Labute approximate surface area is 138 Å². The molecule has 0 amide bonds. The minimum Gasteiger partial charge on any atom is -0.309 e. The molecule has 0 saturated carbocycles. The number of sulfonamides is 1. The number of hydrogen-bond acceptors (Lipinski definition) is 3. The van der Waals surface area contributed by atoms with E-state index in [9.17, 15) is 8.42 Å². The van der Waals surface area contributed by atoms with Gasteiger partial charge < -0.3 is 5.32 Å². The van der Waals surface area contributed by atoms with Gasteiger partial charge in [0.1, 0.15) is 0 Å². The van der Waals surface area contributed by atoms with Crippen LogP contribution in [0.25, 0.3) is 0 Å². The first-order valence-electron chi connectivity index (χ1n) is 7.87. The van der Waals surface area contributed by atoms with Crippen LogP contribution in [0.15, 0.2) is 47.4 Å². The predicted molar refractivity (Wildman–Crippen MR) is 91.5 cm³/mol. The van der Waals surface area contributed by atoms with Gasteiger partial charge in [0, 0.05) is 19.6 Å². The summed E-state index contributed by atoms with van der Waals surface area (Å²) in [7, 11) is -3.48. The topological polar surface area (TPSA) is 58.2 Å². The van der Waals surface area contributed by atoms with Crippen molar-refractivity contribution in [2.75, 3.05) is 0 Å². The Hall–Kier alpha value is -1.69. The lowest BCUT2D eigenvalue weighted by Gasteiger charge is -2.10. The minimum atomic E-state index is -3.48. The summed E-state index contributed by atoms with van der Waals surface area (Å²) in [5.74, 6) is 0.389. The molecule has 4 nitrogen and oxygen atoms in total. The van der Waals surface area contributed by atoms with E-state index < -0.39 is 10.0 Å². The molecule has 0 radical (unpaired) electrons. The molecular weight excluding hydrogens is 308 g/mol. The van der Waals surface area contributed by atoms with Gasteiger partial charge in [0.15, 0.2) is 0 Å². The van der Waals surface area contributed by atoms with Crippen molar-refractivity contribution in [3.8, 4) is 0 Å². The fraction of sp³-hybridized carbons (Fsp3) is 0.333. The average Bonchev–Trinajstić information content (AvgIpc) is 3.01. The van der Waals surface area contributed by atoms with Crippen molar-refractivity contribution in [3.05, 3.63) is 64.7 Å². The van der Waals surface area contributed by atoms with Crippen LogP contribution in [0, 0.1) is 0 Å². The molecule has 0 aliphatic carbocycles. The monoisotopic (exact) mass is 330 g/mol. The van der Waals surface area contributed by atoms with Gasteiger partial charge in [0.05, 0.1) is 4.90 Å². The highest BCUT2D eigenvalue weighted by Crippen LogP contribution is 2.19. The summed E-state index contributed by atoms with van der Waals surface area (Å²) in [5, 5.41) is 3.29. The Morgan fingerprint density at radius 1 is 1.04 bits per heavy atom. The predicted octanol–water partition coefficient (Wildman–Crippen LogP) is 2.89. The second kappa shape index (κ2) is 6.43. The standard InChI is InChI=1S/C18H22N2O2S/c1-13(2)15-5-7-18(8-6-15)23(21,22)20-10-14-3-4-16-11-19-12-17(16)9-14/h3-9,13,19-20H,10-12H2,1-2H3. The first-order valence-corrected chi connectivity index (χ1v) is 9.35. The summed E-state index contributed by atoms with van der Waals surface area (Å²) in [5.41, 5.74) is 4.66. The lowest BCUT2D eigenvalue weighted by atomic mass is 10.0. The van der Waals surface area contributed by atoms with E-state index in [-0.39, 0.29) is 0 Å². The van der Waals surface area contributed by atoms with Gasteiger partial charge in [-0.1, -0.05) is 44.2 Å². The van der Waals surface area contributed by atoms with E-state index >= 15 is 0 Å². The largest absolute Gasteiger partial charge is 0.309 e. The number of benzene rings is 2. The van der Waals surface area contributed by atoms with Crippen LogP contribution >= 0.6 is 0 Å². The molecular formula is C18H22N2O2S. The molecule has 2 aromatic carbocycles. The zero-order valence-electron chi connectivity index (χ0n) is 13.5. The molecule has 0 atom stereocenters. The molecule has 0 spiro atoms. The third-order valence-corrected chi connectivity index (χ3v) is 5.64. The highest BCUT2D eigenvalue weighted by atomic mass is 32.2. The van der Waals surface area contributed by atoms with Crippen LogP contribution in [0.4, 0.5) is 0 Å². The van der Waals surface area contributed by atoms with Gasteiger partial charge in [-0.25, -0.2) is 13.1 Å². The molecule has 3 rings (SSSR count). The van der Waals surface area contributed by atoms with Gasteiger partial charge in [0.2, 0.25) is 10.0 Å². The summed E-state index contributed by atoms with van der Waals surface area (Å²) in [6, 6.07) is 13.2. The average molecular weight is 330 g/mol. The number of nitrogens with one attached hydrogen (secondary N) is 2. The molecule has 2 N–H and O–H groups in total. The summed E-state index contributed by atoms with van der Waals surface area (Å²) in [6.07, 6.45) is 0. The molecule has 0 unspecified atom stereocenters. The summed E-state index contributed by atoms with van der Waals surface area (Å²) in [6.45, 7) is 6.23. The van der Waals surface area contributed by atoms with E-state index in [1.54, 1.807) is 12.1 Å². The van der Waals surface area contributed by atoms with E-state index in [0.29, 0.717) is 17.4 Å². The Morgan fingerprint density at radius 3 is 2.43 bits per heavy atom. The first kappa shape index (κ1) is 16.2. The molecule has 0 aromatic heterocycles. The molecule has 5 heteroatoms. The molecule has 122 valence electrons. The Kier molecular flexibility index (Phi) is 4.53. The Morgan fingerprint density at radius 2 is 1.74 bits per heavy atom. The van der Waals surface area contributed by atoms with Crippen LogP contribution in [-0.4, -0.2) is 8.42 Å². The minimum absolute atomic E-state index is 0.307. The van der Waals surface area contributed by atoms with Gasteiger partial charge >= 0.3 is 0 Å². The van der Waals surface area contributed by atoms with Crippen molar-refractivity contribution in [2.45, 2.75) is 44.3 Å². The normalized spacial score (nSPS) is 14.2. The molecule has 23 heavy (non-hydrogen) atoms. The number of rotatable bonds is 5. The van der Waals surface area contributed by atoms with Crippen LogP contribution in [0.1, 0.15) is 42.0 Å². The molecule has 1 aliphatic rings. The van der Waals surface area contributed by atoms with Gasteiger partial charge in [-0.05, 0) is 40.3 Å². The van der Waals surface area contributed by atoms with Gasteiger partial charge in [-0.15, -0.1) is 0 Å². The maximum atomic E-state index is 12.4. The van der Waals surface area contributed by atoms with E-state index in [0.717, 1.165) is 24.2 Å². The van der Waals surface area contributed by atoms with Crippen LogP contribution in [-0.2, 0) is 29.7 Å². The van der Waals surface area contributed by atoms with Crippen LogP contribution in [0.5, 0.6) is 0 Å². The van der Waals surface area contributed by atoms with Crippen LogP contribution < -0.4 is 10.0 Å².